The first-order valence-corrected chi connectivity index (χ1v) is 11.7. The fourth-order valence-electron chi connectivity index (χ4n) is 3.28. The maximum atomic E-state index is 13.1. The van der Waals surface area contributed by atoms with Gasteiger partial charge < -0.3 is 20.7 Å². The lowest BCUT2D eigenvalue weighted by atomic mass is 10.1. The summed E-state index contributed by atoms with van der Waals surface area (Å²) in [6, 6.07) is 13.0. The summed E-state index contributed by atoms with van der Waals surface area (Å²) in [5.41, 5.74) is 1.63. The summed E-state index contributed by atoms with van der Waals surface area (Å²) < 4.78 is 5.96. The van der Waals surface area contributed by atoms with Gasteiger partial charge in [0.1, 0.15) is 11.6 Å². The smallest absolute Gasteiger partial charge is 0.259 e. The number of ether oxygens (including phenoxy) is 1. The lowest BCUT2D eigenvalue weighted by Gasteiger charge is -2.24. The van der Waals surface area contributed by atoms with Gasteiger partial charge in [-0.25, -0.2) is 4.98 Å². The molecule has 0 bridgehead atoms. The highest BCUT2D eigenvalue weighted by molar-refractivity contribution is 6.31. The number of amides is 3. The summed E-state index contributed by atoms with van der Waals surface area (Å²) in [6.07, 6.45) is 2.57. The third-order valence-corrected chi connectivity index (χ3v) is 5.46. The van der Waals surface area contributed by atoms with Crippen LogP contribution in [-0.2, 0) is 9.59 Å². The van der Waals surface area contributed by atoms with E-state index >= 15 is 0 Å². The lowest BCUT2D eigenvalue weighted by Crippen LogP contribution is -2.23. The van der Waals surface area contributed by atoms with Crippen LogP contribution < -0.4 is 25.6 Å². The van der Waals surface area contributed by atoms with Crippen molar-refractivity contribution in [2.75, 3.05) is 35.7 Å². The summed E-state index contributed by atoms with van der Waals surface area (Å²) in [5.74, 6) is 0.0631. The maximum absolute atomic E-state index is 13.1. The molecule has 11 heteroatoms. The first-order valence-electron chi connectivity index (χ1n) is 11.0. The van der Waals surface area contributed by atoms with E-state index in [1.807, 2.05) is 0 Å². The van der Waals surface area contributed by atoms with Gasteiger partial charge >= 0.3 is 0 Å². The molecule has 0 fully saturated rings. The van der Waals surface area contributed by atoms with Gasteiger partial charge in [0.05, 0.1) is 28.6 Å². The summed E-state index contributed by atoms with van der Waals surface area (Å²) in [7, 11) is 1.76. The number of nitrogens with zero attached hydrogens (tertiary/aromatic N) is 2. The Bertz CT molecular complexity index is 1240. The molecule has 0 atom stereocenters. The fraction of sp³-hybridized carbons (Fsp3) is 0.200. The second kappa shape index (κ2) is 12.8. The van der Waals surface area contributed by atoms with E-state index in [1.54, 1.807) is 49.5 Å². The van der Waals surface area contributed by atoms with Gasteiger partial charge in [0.2, 0.25) is 12.3 Å². The van der Waals surface area contributed by atoms with Crippen molar-refractivity contribution < 1.29 is 19.1 Å². The predicted octanol–water partition coefficient (Wildman–Crippen LogP) is 4.88. The van der Waals surface area contributed by atoms with Gasteiger partial charge in [-0.2, -0.15) is 0 Å². The zero-order valence-electron chi connectivity index (χ0n) is 19.7. The van der Waals surface area contributed by atoms with Crippen LogP contribution in [0.3, 0.4) is 0 Å². The molecule has 0 radical (unpaired) electrons. The van der Waals surface area contributed by atoms with Crippen LogP contribution in [0.15, 0.2) is 54.7 Å². The number of pyridine rings is 1. The molecule has 1 aromatic heterocycles. The van der Waals surface area contributed by atoms with Crippen molar-refractivity contribution in [1.29, 1.82) is 0 Å². The summed E-state index contributed by atoms with van der Waals surface area (Å²) in [6.45, 7) is 2.19. The number of carbonyl (C=O) groups excluding carboxylic acids is 3. The number of halogens is 2. The first kappa shape index (κ1) is 26.8. The quantitative estimate of drug-likeness (QED) is 0.241. The number of hydrogen-bond donors (Lipinski definition) is 3. The van der Waals surface area contributed by atoms with Crippen molar-refractivity contribution in [2.24, 2.45) is 0 Å². The van der Waals surface area contributed by atoms with E-state index in [1.165, 1.54) is 24.1 Å². The van der Waals surface area contributed by atoms with Crippen LogP contribution in [0.1, 0.15) is 23.7 Å². The van der Waals surface area contributed by atoms with Crippen LogP contribution in [0.5, 0.6) is 5.75 Å². The number of benzene rings is 2. The Morgan fingerprint density at radius 3 is 2.47 bits per heavy atom. The molecule has 0 saturated heterocycles. The monoisotopic (exact) mass is 529 g/mol. The SMILES string of the molecule is CNc1ccc(N(C=O)c2ccc(Cl)cc2C(=O)Nc2ccc(Cl)cn2)c(OCCCNC(C)=O)c1. The number of nitrogens with one attached hydrogen (secondary N) is 3. The van der Waals surface area contributed by atoms with Crippen molar-refractivity contribution in [2.45, 2.75) is 13.3 Å². The van der Waals surface area contributed by atoms with Crippen molar-refractivity contribution in [3.63, 3.8) is 0 Å². The average molecular weight is 530 g/mol. The molecule has 36 heavy (non-hydrogen) atoms. The topological polar surface area (TPSA) is 113 Å². The highest BCUT2D eigenvalue weighted by atomic mass is 35.5. The molecule has 188 valence electrons. The van der Waals surface area contributed by atoms with Crippen LogP contribution in [0.25, 0.3) is 0 Å². The minimum absolute atomic E-state index is 0.123. The molecule has 3 aromatic rings. The minimum atomic E-state index is -0.515. The summed E-state index contributed by atoms with van der Waals surface area (Å²) in [4.78, 5) is 42.0. The van der Waals surface area contributed by atoms with Gasteiger partial charge in [0, 0.05) is 43.5 Å². The van der Waals surface area contributed by atoms with Gasteiger partial charge in [-0.3, -0.25) is 19.3 Å². The second-order valence-electron chi connectivity index (χ2n) is 7.57. The molecular weight excluding hydrogens is 505 g/mol. The highest BCUT2D eigenvalue weighted by Gasteiger charge is 2.22. The van der Waals surface area contributed by atoms with E-state index in [9.17, 15) is 14.4 Å². The molecule has 0 saturated carbocycles. The van der Waals surface area contributed by atoms with E-state index in [0.29, 0.717) is 53.2 Å². The Labute approximate surface area is 218 Å². The molecule has 0 aliphatic carbocycles. The van der Waals surface area contributed by atoms with Crippen LogP contribution in [0.2, 0.25) is 10.0 Å². The Kier molecular flexibility index (Phi) is 9.49. The van der Waals surface area contributed by atoms with E-state index in [2.05, 4.69) is 20.9 Å². The van der Waals surface area contributed by atoms with Gasteiger partial charge in [-0.15, -0.1) is 0 Å². The molecular formula is C25H25Cl2N5O4. The van der Waals surface area contributed by atoms with Crippen LogP contribution in [-0.4, -0.2) is 43.4 Å². The van der Waals surface area contributed by atoms with Gasteiger partial charge in [0.15, 0.2) is 0 Å². The van der Waals surface area contributed by atoms with E-state index < -0.39 is 5.91 Å². The van der Waals surface area contributed by atoms with E-state index in [-0.39, 0.29) is 17.3 Å². The Morgan fingerprint density at radius 1 is 1.06 bits per heavy atom. The molecule has 0 aliphatic heterocycles. The molecule has 9 nitrogen and oxygen atoms in total. The number of hydrogen-bond acceptors (Lipinski definition) is 6. The predicted molar refractivity (Wildman–Crippen MR) is 142 cm³/mol. The molecule has 2 aromatic carbocycles. The fourth-order valence-corrected chi connectivity index (χ4v) is 3.56. The van der Waals surface area contributed by atoms with Crippen molar-refractivity contribution in [1.82, 2.24) is 10.3 Å². The van der Waals surface area contributed by atoms with Crippen molar-refractivity contribution >= 4 is 64.3 Å². The standard InChI is InChI=1S/C25H25Cl2N5O4/c1-16(34)29-10-3-11-36-23-13-19(28-2)6-8-22(23)32(15-33)21-7-4-17(26)12-20(21)25(35)31-24-9-5-18(27)14-30-24/h4-9,12-15,28H,3,10-11H2,1-2H3,(H,29,34)(H,30,31,35). The molecule has 1 heterocycles. The molecule has 3 rings (SSSR count). The average Bonchev–Trinajstić information content (AvgIpc) is 2.86. The zero-order valence-corrected chi connectivity index (χ0v) is 21.2. The number of carbonyl (C=O) groups is 3. The molecule has 0 unspecified atom stereocenters. The third-order valence-electron chi connectivity index (χ3n) is 5.00. The number of rotatable bonds is 11. The highest BCUT2D eigenvalue weighted by Crippen LogP contribution is 2.37. The van der Waals surface area contributed by atoms with Crippen LogP contribution in [0.4, 0.5) is 22.9 Å². The van der Waals surface area contributed by atoms with Crippen molar-refractivity contribution in [3.8, 4) is 5.75 Å². The number of aromatic nitrogens is 1. The zero-order chi connectivity index (χ0) is 26.1. The van der Waals surface area contributed by atoms with E-state index in [0.717, 1.165) is 5.69 Å². The lowest BCUT2D eigenvalue weighted by molar-refractivity contribution is -0.119. The summed E-state index contributed by atoms with van der Waals surface area (Å²) in [5, 5.41) is 9.18. The Morgan fingerprint density at radius 2 is 1.81 bits per heavy atom. The van der Waals surface area contributed by atoms with Crippen LogP contribution in [0, 0.1) is 0 Å². The van der Waals surface area contributed by atoms with Gasteiger partial charge in [-0.05, 0) is 48.9 Å². The molecule has 0 aliphatic rings. The minimum Gasteiger partial charge on any atom is -0.491 e. The Hall–Kier alpha value is -3.82. The molecule has 3 amide bonds. The van der Waals surface area contributed by atoms with Crippen LogP contribution >= 0.6 is 23.2 Å². The molecule has 3 N–H and O–H groups in total. The number of anilines is 4. The van der Waals surface area contributed by atoms with Gasteiger partial charge in [-0.1, -0.05) is 23.2 Å². The first-order chi connectivity index (χ1) is 17.3. The Balaban J connectivity index is 1.93. The van der Waals surface area contributed by atoms with Gasteiger partial charge in [0.25, 0.3) is 5.91 Å². The maximum Gasteiger partial charge on any atom is 0.259 e. The largest absolute Gasteiger partial charge is 0.491 e. The third kappa shape index (κ3) is 7.10. The van der Waals surface area contributed by atoms with E-state index in [4.69, 9.17) is 27.9 Å². The second-order valence-corrected chi connectivity index (χ2v) is 8.44. The van der Waals surface area contributed by atoms with Crippen molar-refractivity contribution in [3.05, 3.63) is 70.3 Å². The normalized spacial score (nSPS) is 10.3. The molecule has 0 spiro atoms. The summed E-state index contributed by atoms with van der Waals surface area (Å²) >= 11 is 12.1.